The lowest BCUT2D eigenvalue weighted by molar-refractivity contribution is -0.139. The number of benzene rings is 1. The zero-order valence-electron chi connectivity index (χ0n) is 14.3. The maximum atomic E-state index is 12.1. The van der Waals surface area contributed by atoms with Gasteiger partial charge in [0.25, 0.3) is 0 Å². The molecule has 7 heteroatoms. The van der Waals surface area contributed by atoms with E-state index in [4.69, 9.17) is 16.7 Å². The predicted octanol–water partition coefficient (Wildman–Crippen LogP) is 3.10. The molecule has 2 aliphatic rings. The predicted molar refractivity (Wildman–Crippen MR) is 97.1 cm³/mol. The molecule has 0 bridgehead atoms. The van der Waals surface area contributed by atoms with Gasteiger partial charge in [0.05, 0.1) is 17.3 Å². The summed E-state index contributed by atoms with van der Waals surface area (Å²) in [6.07, 6.45) is 3.97. The van der Waals surface area contributed by atoms with Crippen molar-refractivity contribution < 1.29 is 14.7 Å². The first-order valence-corrected chi connectivity index (χ1v) is 9.08. The van der Waals surface area contributed by atoms with Crippen LogP contribution in [0.25, 0.3) is 0 Å². The minimum atomic E-state index is -0.788. The van der Waals surface area contributed by atoms with E-state index in [1.807, 2.05) is 17.9 Å². The number of carbonyl (C=O) groups excluding carboxylic acids is 1. The third-order valence-corrected chi connectivity index (χ3v) is 5.18. The summed E-state index contributed by atoms with van der Waals surface area (Å²) in [5, 5.41) is 15.3. The number of carbonyl (C=O) groups is 2. The van der Waals surface area contributed by atoms with Gasteiger partial charge in [0.1, 0.15) is 0 Å². The van der Waals surface area contributed by atoms with Crippen LogP contribution >= 0.6 is 11.6 Å². The number of nitrogens with zero attached hydrogens (tertiary/aromatic N) is 1. The van der Waals surface area contributed by atoms with Crippen molar-refractivity contribution in [1.29, 1.82) is 0 Å². The Balaban J connectivity index is 1.45. The lowest BCUT2D eigenvalue weighted by atomic mass is 9.85. The average molecular weight is 366 g/mol. The van der Waals surface area contributed by atoms with E-state index in [-0.39, 0.29) is 24.7 Å². The van der Waals surface area contributed by atoms with Gasteiger partial charge >= 0.3 is 12.0 Å². The van der Waals surface area contributed by atoms with Crippen molar-refractivity contribution in [3.63, 3.8) is 0 Å². The summed E-state index contributed by atoms with van der Waals surface area (Å²) in [5.41, 5.74) is 1.62. The minimum absolute atomic E-state index is 0.0738. The normalized spacial score (nSPS) is 22.4. The van der Waals surface area contributed by atoms with E-state index in [1.54, 1.807) is 12.1 Å². The van der Waals surface area contributed by atoms with Crippen molar-refractivity contribution in [2.45, 2.75) is 44.7 Å². The molecule has 1 aromatic rings. The van der Waals surface area contributed by atoms with Crippen LogP contribution in [-0.2, 0) is 4.79 Å². The summed E-state index contributed by atoms with van der Waals surface area (Å²) in [6.45, 7) is 2.88. The first-order chi connectivity index (χ1) is 11.9. The zero-order valence-corrected chi connectivity index (χ0v) is 15.1. The summed E-state index contributed by atoms with van der Waals surface area (Å²) in [5.74, 6) is -0.137. The number of hydrogen-bond acceptors (Lipinski definition) is 3. The van der Waals surface area contributed by atoms with Crippen molar-refractivity contribution in [3.8, 4) is 0 Å². The molecule has 2 fully saturated rings. The number of urea groups is 1. The lowest BCUT2D eigenvalue weighted by Gasteiger charge is -2.42. The topological polar surface area (TPSA) is 81.7 Å². The van der Waals surface area contributed by atoms with Gasteiger partial charge in [-0.1, -0.05) is 17.7 Å². The maximum absolute atomic E-state index is 12.1. The monoisotopic (exact) mass is 365 g/mol. The van der Waals surface area contributed by atoms with Crippen LogP contribution in [0, 0.1) is 12.8 Å². The van der Waals surface area contributed by atoms with Gasteiger partial charge in [-0.05, 0) is 56.2 Å². The van der Waals surface area contributed by atoms with Crippen LogP contribution in [0.2, 0.25) is 5.02 Å². The van der Waals surface area contributed by atoms with Gasteiger partial charge in [0.15, 0.2) is 0 Å². The van der Waals surface area contributed by atoms with E-state index in [0.717, 1.165) is 24.9 Å². The number of hydrogen-bond donors (Lipinski definition) is 3. The van der Waals surface area contributed by atoms with Crippen LogP contribution in [0.15, 0.2) is 18.2 Å². The molecule has 1 aromatic carbocycles. The minimum Gasteiger partial charge on any atom is -0.480 e. The molecule has 0 saturated heterocycles. The first kappa shape index (κ1) is 18.0. The lowest BCUT2D eigenvalue weighted by Crippen LogP contribution is -2.55. The number of halogens is 1. The van der Waals surface area contributed by atoms with Gasteiger partial charge in [-0.15, -0.1) is 0 Å². The van der Waals surface area contributed by atoms with E-state index in [9.17, 15) is 9.59 Å². The quantitative estimate of drug-likeness (QED) is 0.693. The molecule has 0 atom stereocenters. The van der Waals surface area contributed by atoms with Gasteiger partial charge < -0.3 is 15.7 Å². The maximum Gasteiger partial charge on any atom is 0.319 e. The Hall–Kier alpha value is -1.79. The Kier molecular flexibility index (Phi) is 5.49. The second-order valence-electron chi connectivity index (χ2n) is 7.17. The Bertz CT molecular complexity index is 657. The second kappa shape index (κ2) is 7.62. The molecular formula is C18H24ClN3O3. The molecule has 0 aliphatic heterocycles. The van der Waals surface area contributed by atoms with Crippen molar-refractivity contribution in [2.24, 2.45) is 5.92 Å². The van der Waals surface area contributed by atoms with E-state index in [0.29, 0.717) is 16.6 Å². The molecule has 0 aromatic heterocycles. The Morgan fingerprint density at radius 1 is 1.32 bits per heavy atom. The molecule has 136 valence electrons. The third-order valence-electron chi connectivity index (χ3n) is 4.87. The molecule has 0 heterocycles. The van der Waals surface area contributed by atoms with Crippen molar-refractivity contribution in [2.75, 3.05) is 18.4 Å². The molecule has 25 heavy (non-hydrogen) atoms. The molecule has 2 saturated carbocycles. The highest BCUT2D eigenvalue weighted by Crippen LogP contribution is 2.33. The molecular weight excluding hydrogens is 342 g/mol. The highest BCUT2D eigenvalue weighted by Gasteiger charge is 2.37. The number of nitrogens with one attached hydrogen (secondary N) is 2. The highest BCUT2D eigenvalue weighted by atomic mass is 35.5. The summed E-state index contributed by atoms with van der Waals surface area (Å²) >= 11 is 6.12. The molecule has 3 N–H and O–H groups in total. The molecule has 3 rings (SSSR count). The fourth-order valence-electron chi connectivity index (χ4n) is 3.22. The number of anilines is 1. The highest BCUT2D eigenvalue weighted by molar-refractivity contribution is 6.33. The van der Waals surface area contributed by atoms with E-state index in [2.05, 4.69) is 10.6 Å². The van der Waals surface area contributed by atoms with Crippen LogP contribution in [0.4, 0.5) is 10.5 Å². The molecule has 0 spiro atoms. The molecule has 0 unspecified atom stereocenters. The van der Waals surface area contributed by atoms with Crippen molar-refractivity contribution in [1.82, 2.24) is 10.2 Å². The van der Waals surface area contributed by atoms with Crippen LogP contribution in [0.5, 0.6) is 0 Å². The van der Waals surface area contributed by atoms with E-state index in [1.165, 1.54) is 12.8 Å². The van der Waals surface area contributed by atoms with Gasteiger partial charge in [-0.25, -0.2) is 4.79 Å². The fourth-order valence-corrected chi connectivity index (χ4v) is 3.50. The van der Waals surface area contributed by atoms with Crippen LogP contribution in [0.1, 0.15) is 31.2 Å². The second-order valence-corrected chi connectivity index (χ2v) is 7.58. The van der Waals surface area contributed by atoms with Gasteiger partial charge in [0.2, 0.25) is 0 Å². The zero-order chi connectivity index (χ0) is 18.0. The van der Waals surface area contributed by atoms with E-state index < -0.39 is 5.97 Å². The number of carboxylic acids is 1. The number of amides is 2. The molecule has 2 amide bonds. The molecule has 2 aliphatic carbocycles. The van der Waals surface area contributed by atoms with Gasteiger partial charge in [-0.3, -0.25) is 9.69 Å². The average Bonchev–Trinajstić information content (AvgIpc) is 3.28. The summed E-state index contributed by atoms with van der Waals surface area (Å²) in [7, 11) is 0. The van der Waals surface area contributed by atoms with Gasteiger partial charge in [-0.2, -0.15) is 0 Å². The summed E-state index contributed by atoms with van der Waals surface area (Å²) < 4.78 is 0. The Labute approximate surface area is 152 Å². The Morgan fingerprint density at radius 2 is 2.04 bits per heavy atom. The van der Waals surface area contributed by atoms with Crippen molar-refractivity contribution in [3.05, 3.63) is 28.8 Å². The smallest absolute Gasteiger partial charge is 0.319 e. The molecule has 6 nitrogen and oxygen atoms in total. The summed E-state index contributed by atoms with van der Waals surface area (Å²) in [4.78, 5) is 25.2. The van der Waals surface area contributed by atoms with Crippen LogP contribution in [-0.4, -0.2) is 47.2 Å². The number of carboxylic acid groups (broad SMARTS) is 1. The standard InChI is InChI=1S/C18H24ClN3O3/c1-11-2-5-16(15(19)6-11)21-18(25)20-13-7-14(8-13)22(10-17(23)24)9-12-3-4-12/h2,5-6,12-14H,3-4,7-10H2,1H3,(H,23,24)(H2,20,21,25). The Morgan fingerprint density at radius 3 is 2.64 bits per heavy atom. The fraction of sp³-hybridized carbons (Fsp3) is 0.556. The third kappa shape index (κ3) is 5.09. The SMILES string of the molecule is Cc1ccc(NC(=O)NC2CC(N(CC(=O)O)CC3CC3)C2)c(Cl)c1. The van der Waals surface area contributed by atoms with Gasteiger partial charge in [0, 0.05) is 18.6 Å². The van der Waals surface area contributed by atoms with Crippen LogP contribution in [0.3, 0.4) is 0 Å². The number of rotatable bonds is 7. The van der Waals surface area contributed by atoms with Crippen LogP contribution < -0.4 is 10.6 Å². The summed E-state index contributed by atoms with van der Waals surface area (Å²) in [6, 6.07) is 5.52. The molecule has 0 radical (unpaired) electrons. The van der Waals surface area contributed by atoms with E-state index >= 15 is 0 Å². The number of aliphatic carboxylic acids is 1. The van der Waals surface area contributed by atoms with Crippen molar-refractivity contribution >= 4 is 29.3 Å². The first-order valence-electron chi connectivity index (χ1n) is 8.70. The largest absolute Gasteiger partial charge is 0.480 e. The number of aryl methyl sites for hydroxylation is 1.